The van der Waals surface area contributed by atoms with Crippen LogP contribution < -0.4 is 5.32 Å². The molecule has 0 saturated heterocycles. The van der Waals surface area contributed by atoms with Gasteiger partial charge in [0.1, 0.15) is 15.9 Å². The number of aromatic nitrogens is 2. The van der Waals surface area contributed by atoms with E-state index in [9.17, 15) is 4.79 Å². The van der Waals surface area contributed by atoms with Gasteiger partial charge in [0.2, 0.25) is 0 Å². The molecule has 0 aliphatic rings. The maximum Gasteiger partial charge on any atom is 0.260 e. The fourth-order valence-electron chi connectivity index (χ4n) is 1.37. The summed E-state index contributed by atoms with van der Waals surface area (Å²) in [5.74, 6) is 0.237. The molecule has 0 bridgehead atoms. The zero-order valence-corrected chi connectivity index (χ0v) is 10.9. The van der Waals surface area contributed by atoms with Gasteiger partial charge >= 0.3 is 0 Å². The Labute approximate surface area is 106 Å². The van der Waals surface area contributed by atoms with E-state index < -0.39 is 0 Å². The highest BCUT2D eigenvalue weighted by Crippen LogP contribution is 2.17. The van der Waals surface area contributed by atoms with Crippen LogP contribution in [0, 0.1) is 13.8 Å². The first-order chi connectivity index (χ1) is 8.08. The molecule has 1 N–H and O–H groups in total. The van der Waals surface area contributed by atoms with E-state index in [2.05, 4.69) is 31.4 Å². The lowest BCUT2D eigenvalue weighted by Crippen LogP contribution is -2.13. The molecule has 17 heavy (non-hydrogen) atoms. The molecule has 2 aromatic heterocycles. The van der Waals surface area contributed by atoms with Crippen molar-refractivity contribution in [3.63, 3.8) is 0 Å². The molecule has 1 amide bonds. The zero-order valence-electron chi connectivity index (χ0n) is 9.32. The van der Waals surface area contributed by atoms with Crippen LogP contribution in [0.25, 0.3) is 0 Å². The number of carbonyl (C=O) groups excluding carboxylic acids is 1. The molecular weight excluding hydrogens is 286 g/mol. The SMILES string of the molecule is Cc1nc(Br)ccc1NC(=O)c1cnoc1C. The second-order valence-electron chi connectivity index (χ2n) is 3.52. The van der Waals surface area contributed by atoms with Crippen LogP contribution in [0.2, 0.25) is 0 Å². The largest absolute Gasteiger partial charge is 0.361 e. The van der Waals surface area contributed by atoms with Gasteiger partial charge < -0.3 is 9.84 Å². The molecule has 0 unspecified atom stereocenters. The Kier molecular flexibility index (Phi) is 3.23. The number of halogens is 1. The number of carbonyl (C=O) groups is 1. The number of nitrogens with one attached hydrogen (secondary N) is 1. The van der Waals surface area contributed by atoms with Gasteiger partial charge in [0.15, 0.2) is 0 Å². The van der Waals surface area contributed by atoms with Crippen LogP contribution in [0.1, 0.15) is 21.8 Å². The summed E-state index contributed by atoms with van der Waals surface area (Å²) in [5.41, 5.74) is 1.83. The van der Waals surface area contributed by atoms with Gasteiger partial charge in [-0.3, -0.25) is 4.79 Å². The normalized spacial score (nSPS) is 10.3. The lowest BCUT2D eigenvalue weighted by atomic mass is 10.2. The van der Waals surface area contributed by atoms with Crippen LogP contribution in [0.5, 0.6) is 0 Å². The molecule has 5 nitrogen and oxygen atoms in total. The van der Waals surface area contributed by atoms with Gasteiger partial charge in [0.25, 0.3) is 5.91 Å². The van der Waals surface area contributed by atoms with E-state index in [1.54, 1.807) is 19.1 Å². The van der Waals surface area contributed by atoms with Gasteiger partial charge in [-0.1, -0.05) is 5.16 Å². The van der Waals surface area contributed by atoms with E-state index in [-0.39, 0.29) is 5.91 Å². The second kappa shape index (κ2) is 4.67. The highest BCUT2D eigenvalue weighted by Gasteiger charge is 2.14. The first kappa shape index (κ1) is 11.8. The molecule has 0 aliphatic heterocycles. The summed E-state index contributed by atoms with van der Waals surface area (Å²) in [6.45, 7) is 3.51. The molecule has 0 atom stereocenters. The molecule has 0 radical (unpaired) electrons. The molecule has 0 aliphatic carbocycles. The summed E-state index contributed by atoms with van der Waals surface area (Å²) in [5, 5.41) is 6.32. The summed E-state index contributed by atoms with van der Waals surface area (Å²) in [6.07, 6.45) is 1.40. The summed E-state index contributed by atoms with van der Waals surface area (Å²) in [7, 11) is 0. The van der Waals surface area contributed by atoms with Crippen LogP contribution >= 0.6 is 15.9 Å². The van der Waals surface area contributed by atoms with Crippen molar-refractivity contribution in [3.8, 4) is 0 Å². The van der Waals surface area contributed by atoms with Crippen LogP contribution in [-0.2, 0) is 0 Å². The third kappa shape index (κ3) is 2.52. The maximum absolute atomic E-state index is 11.9. The molecule has 0 fully saturated rings. The van der Waals surface area contributed by atoms with Gasteiger partial charge in [0.05, 0.1) is 17.6 Å². The van der Waals surface area contributed by atoms with E-state index in [4.69, 9.17) is 4.52 Å². The van der Waals surface area contributed by atoms with Crippen LogP contribution in [0.15, 0.2) is 27.5 Å². The highest BCUT2D eigenvalue weighted by molar-refractivity contribution is 9.10. The number of aryl methyl sites for hydroxylation is 2. The minimum absolute atomic E-state index is 0.254. The predicted molar refractivity (Wildman–Crippen MR) is 65.9 cm³/mol. The van der Waals surface area contributed by atoms with E-state index in [1.807, 2.05) is 6.92 Å². The third-order valence-electron chi connectivity index (χ3n) is 2.30. The molecule has 2 heterocycles. The van der Waals surface area contributed by atoms with Gasteiger partial charge in [-0.25, -0.2) is 4.98 Å². The van der Waals surface area contributed by atoms with Crippen LogP contribution in [-0.4, -0.2) is 16.0 Å². The Hall–Kier alpha value is -1.69. The lowest BCUT2D eigenvalue weighted by molar-refractivity contribution is 0.102. The molecule has 2 rings (SSSR count). The predicted octanol–water partition coefficient (Wildman–Crippen LogP) is 2.70. The van der Waals surface area contributed by atoms with E-state index in [0.717, 1.165) is 10.3 Å². The summed E-state index contributed by atoms with van der Waals surface area (Å²) >= 11 is 3.26. The van der Waals surface area contributed by atoms with Gasteiger partial charge in [-0.05, 0) is 41.9 Å². The lowest BCUT2D eigenvalue weighted by Gasteiger charge is -2.06. The average molecular weight is 296 g/mol. The summed E-state index contributed by atoms with van der Waals surface area (Å²) in [6, 6.07) is 3.55. The Morgan fingerprint density at radius 1 is 1.41 bits per heavy atom. The van der Waals surface area contributed by atoms with Crippen molar-refractivity contribution in [1.82, 2.24) is 10.1 Å². The van der Waals surface area contributed by atoms with Gasteiger partial charge in [0, 0.05) is 0 Å². The smallest absolute Gasteiger partial charge is 0.260 e. The first-order valence-corrected chi connectivity index (χ1v) is 5.73. The second-order valence-corrected chi connectivity index (χ2v) is 4.33. The summed E-state index contributed by atoms with van der Waals surface area (Å²) < 4.78 is 5.57. The molecular formula is C11H10BrN3O2. The van der Waals surface area contributed by atoms with Gasteiger partial charge in [-0.2, -0.15) is 0 Å². The molecule has 2 aromatic rings. The highest BCUT2D eigenvalue weighted by atomic mass is 79.9. The minimum atomic E-state index is -0.254. The Bertz CT molecular complexity index is 566. The van der Waals surface area contributed by atoms with Crippen molar-refractivity contribution < 1.29 is 9.32 Å². The number of hydrogen-bond donors (Lipinski definition) is 1. The van der Waals surface area contributed by atoms with Crippen molar-refractivity contribution in [2.24, 2.45) is 0 Å². The molecule has 88 valence electrons. The number of rotatable bonds is 2. The maximum atomic E-state index is 11.9. The third-order valence-corrected chi connectivity index (χ3v) is 2.74. The van der Waals surface area contributed by atoms with Crippen LogP contribution in [0.4, 0.5) is 5.69 Å². The number of amides is 1. The first-order valence-electron chi connectivity index (χ1n) is 4.93. The van der Waals surface area contributed by atoms with Crippen molar-refractivity contribution in [3.05, 3.63) is 40.0 Å². The van der Waals surface area contributed by atoms with E-state index in [1.165, 1.54) is 6.20 Å². The van der Waals surface area contributed by atoms with Crippen molar-refractivity contribution in [2.75, 3.05) is 5.32 Å². The number of hydrogen-bond acceptors (Lipinski definition) is 4. The van der Waals surface area contributed by atoms with Crippen molar-refractivity contribution >= 4 is 27.5 Å². The Morgan fingerprint density at radius 3 is 2.76 bits per heavy atom. The molecule has 0 spiro atoms. The number of nitrogens with zero attached hydrogens (tertiary/aromatic N) is 2. The number of pyridine rings is 1. The average Bonchev–Trinajstić information content (AvgIpc) is 2.68. The quantitative estimate of drug-likeness (QED) is 0.865. The zero-order chi connectivity index (χ0) is 12.4. The summed E-state index contributed by atoms with van der Waals surface area (Å²) in [4.78, 5) is 16.1. The van der Waals surface area contributed by atoms with Crippen molar-refractivity contribution in [1.29, 1.82) is 0 Å². The fraction of sp³-hybridized carbons (Fsp3) is 0.182. The molecule has 0 aromatic carbocycles. The molecule has 0 saturated carbocycles. The van der Waals surface area contributed by atoms with E-state index in [0.29, 0.717) is 17.0 Å². The van der Waals surface area contributed by atoms with Crippen molar-refractivity contribution in [2.45, 2.75) is 13.8 Å². The Morgan fingerprint density at radius 2 is 2.18 bits per heavy atom. The van der Waals surface area contributed by atoms with E-state index >= 15 is 0 Å². The number of anilines is 1. The fourth-order valence-corrected chi connectivity index (χ4v) is 1.77. The standard InChI is InChI=1S/C11H10BrN3O2/c1-6-9(3-4-10(12)14-6)15-11(16)8-5-13-17-7(8)2/h3-5H,1-2H3,(H,15,16). The minimum Gasteiger partial charge on any atom is -0.361 e. The topological polar surface area (TPSA) is 68.0 Å². The Balaban J connectivity index is 2.22. The molecule has 6 heteroatoms. The van der Waals surface area contributed by atoms with Crippen LogP contribution in [0.3, 0.4) is 0 Å². The van der Waals surface area contributed by atoms with Gasteiger partial charge in [-0.15, -0.1) is 0 Å². The monoisotopic (exact) mass is 295 g/mol.